The summed E-state index contributed by atoms with van der Waals surface area (Å²) in [6.07, 6.45) is 0.654. The van der Waals surface area contributed by atoms with Gasteiger partial charge in [0.05, 0.1) is 11.3 Å². The molecule has 0 fully saturated rings. The summed E-state index contributed by atoms with van der Waals surface area (Å²) in [6, 6.07) is 4.60. The minimum atomic E-state index is -4.38. The molecule has 2 aromatic rings. The molecule has 3 rings (SSSR count). The van der Waals surface area contributed by atoms with Gasteiger partial charge in [-0.05, 0) is 48.1 Å². The van der Waals surface area contributed by atoms with E-state index in [4.69, 9.17) is 0 Å². The van der Waals surface area contributed by atoms with E-state index >= 15 is 0 Å². The van der Waals surface area contributed by atoms with E-state index in [1.165, 1.54) is 12.1 Å². The lowest BCUT2D eigenvalue weighted by molar-refractivity contribution is -0.137. The van der Waals surface area contributed by atoms with E-state index in [0.29, 0.717) is 24.8 Å². The van der Waals surface area contributed by atoms with Gasteiger partial charge in [0.1, 0.15) is 0 Å². The summed E-state index contributed by atoms with van der Waals surface area (Å²) in [4.78, 5) is 4.17. The van der Waals surface area contributed by atoms with E-state index in [0.717, 1.165) is 28.8 Å². The molecule has 0 aliphatic heterocycles. The molecule has 8 heteroatoms. The summed E-state index contributed by atoms with van der Waals surface area (Å²) in [5, 5.41) is 0. The Morgan fingerprint density at radius 1 is 1.19 bits per heavy atom. The van der Waals surface area contributed by atoms with Crippen molar-refractivity contribution in [3.63, 3.8) is 0 Å². The van der Waals surface area contributed by atoms with Crippen LogP contribution in [-0.4, -0.2) is 19.2 Å². The topological polar surface area (TPSA) is 59.1 Å². The average molecular weight is 384 g/mol. The molecule has 0 bridgehead atoms. The quantitative estimate of drug-likeness (QED) is 0.845. The number of benzene rings is 1. The van der Waals surface area contributed by atoms with Crippen LogP contribution in [0, 0.1) is 0 Å². The number of nitrogens with one attached hydrogen (secondary N) is 1. The third kappa shape index (κ3) is 3.91. The van der Waals surface area contributed by atoms with Crippen LogP contribution in [0.15, 0.2) is 36.7 Å². The average Bonchev–Trinajstić information content (AvgIpc) is 2.96. The Kier molecular flexibility index (Phi) is 5.07. The van der Waals surface area contributed by atoms with E-state index in [9.17, 15) is 21.6 Å². The van der Waals surface area contributed by atoms with E-state index in [-0.39, 0.29) is 11.8 Å². The van der Waals surface area contributed by atoms with Crippen LogP contribution >= 0.6 is 0 Å². The van der Waals surface area contributed by atoms with Crippen LogP contribution < -0.4 is 4.72 Å². The van der Waals surface area contributed by atoms with Gasteiger partial charge >= 0.3 is 6.18 Å². The molecule has 140 valence electrons. The van der Waals surface area contributed by atoms with Gasteiger partial charge in [0.25, 0.3) is 0 Å². The summed E-state index contributed by atoms with van der Waals surface area (Å²) < 4.78 is 65.0. The zero-order valence-electron chi connectivity index (χ0n) is 14.2. The van der Waals surface area contributed by atoms with Gasteiger partial charge in [-0.15, -0.1) is 0 Å². The van der Waals surface area contributed by atoms with Gasteiger partial charge in [-0.1, -0.05) is 19.1 Å². The van der Waals surface area contributed by atoms with E-state index in [1.54, 1.807) is 19.3 Å². The normalized spacial score (nSPS) is 17.3. The molecule has 1 unspecified atom stereocenters. The lowest BCUT2D eigenvalue weighted by Gasteiger charge is -2.15. The molecule has 1 aromatic carbocycles. The standard InChI is InChI=1S/C18H19F3N2O2S/c1-2-9-26(24,25)23-17-8-7-14-15(10-22-11-16(14)17)12-3-5-13(6-4-12)18(19,20)21/h3-6,10-11,17,23H,2,7-9H2,1H3. The fraction of sp³-hybridized carbons (Fsp3) is 0.389. The minimum Gasteiger partial charge on any atom is -0.264 e. The van der Waals surface area contributed by atoms with Crippen LogP contribution in [-0.2, 0) is 22.6 Å². The van der Waals surface area contributed by atoms with Crippen molar-refractivity contribution >= 4 is 10.0 Å². The Bertz CT molecular complexity index is 894. The monoisotopic (exact) mass is 384 g/mol. The second-order valence-corrected chi connectivity index (χ2v) is 8.23. The molecule has 0 saturated carbocycles. The van der Waals surface area contributed by atoms with E-state index in [2.05, 4.69) is 9.71 Å². The smallest absolute Gasteiger partial charge is 0.264 e. The first-order valence-corrected chi connectivity index (χ1v) is 10.0. The fourth-order valence-electron chi connectivity index (χ4n) is 3.28. The van der Waals surface area contributed by atoms with Crippen LogP contribution in [0.3, 0.4) is 0 Å². The maximum absolute atomic E-state index is 12.7. The first kappa shape index (κ1) is 18.8. The van der Waals surface area contributed by atoms with Crippen LogP contribution in [0.1, 0.15) is 42.5 Å². The molecule has 1 aliphatic carbocycles. The largest absolute Gasteiger partial charge is 0.416 e. The van der Waals surface area contributed by atoms with Gasteiger partial charge in [0.2, 0.25) is 10.0 Å². The van der Waals surface area contributed by atoms with Crippen LogP contribution in [0.4, 0.5) is 13.2 Å². The third-order valence-corrected chi connectivity index (χ3v) is 6.06. The second-order valence-electron chi connectivity index (χ2n) is 6.36. The Balaban J connectivity index is 1.91. The number of rotatable bonds is 5. The lowest BCUT2D eigenvalue weighted by atomic mass is 9.98. The highest BCUT2D eigenvalue weighted by Crippen LogP contribution is 2.38. The van der Waals surface area contributed by atoms with E-state index in [1.807, 2.05) is 0 Å². The molecule has 0 radical (unpaired) electrons. The first-order valence-electron chi connectivity index (χ1n) is 8.35. The first-order chi connectivity index (χ1) is 12.2. The molecule has 1 aromatic heterocycles. The number of pyridine rings is 1. The van der Waals surface area contributed by atoms with E-state index < -0.39 is 21.8 Å². The fourth-order valence-corrected chi connectivity index (χ4v) is 4.61. The molecule has 4 nitrogen and oxygen atoms in total. The Labute approximate surface area is 150 Å². The van der Waals surface area contributed by atoms with Gasteiger partial charge in [0.15, 0.2) is 0 Å². The minimum absolute atomic E-state index is 0.0604. The maximum atomic E-state index is 12.7. The molecular formula is C18H19F3N2O2S. The Morgan fingerprint density at radius 3 is 2.50 bits per heavy atom. The number of alkyl halides is 3. The van der Waals surface area contributed by atoms with Crippen molar-refractivity contribution < 1.29 is 21.6 Å². The number of nitrogens with zero attached hydrogens (tertiary/aromatic N) is 1. The lowest BCUT2D eigenvalue weighted by Crippen LogP contribution is -2.29. The van der Waals surface area contributed by atoms with Crippen LogP contribution in [0.2, 0.25) is 0 Å². The SMILES string of the molecule is CCCS(=O)(=O)NC1CCc2c(-c3ccc(C(F)(F)F)cc3)cncc21. The summed E-state index contributed by atoms with van der Waals surface area (Å²) in [5.74, 6) is 0.0604. The van der Waals surface area contributed by atoms with Crippen molar-refractivity contribution in [1.29, 1.82) is 0 Å². The van der Waals surface area contributed by atoms with Crippen molar-refractivity contribution in [2.45, 2.75) is 38.4 Å². The number of sulfonamides is 1. The third-order valence-electron chi connectivity index (χ3n) is 4.47. The van der Waals surface area contributed by atoms with Crippen molar-refractivity contribution in [1.82, 2.24) is 9.71 Å². The highest BCUT2D eigenvalue weighted by molar-refractivity contribution is 7.89. The second kappa shape index (κ2) is 7.00. The Morgan fingerprint density at radius 2 is 1.88 bits per heavy atom. The summed E-state index contributed by atoms with van der Waals surface area (Å²) >= 11 is 0. The van der Waals surface area contributed by atoms with Crippen molar-refractivity contribution in [3.8, 4) is 11.1 Å². The number of halogens is 3. The maximum Gasteiger partial charge on any atom is 0.416 e. The molecule has 1 heterocycles. The molecule has 1 atom stereocenters. The number of hydrogen-bond acceptors (Lipinski definition) is 3. The van der Waals surface area contributed by atoms with Gasteiger partial charge in [-0.2, -0.15) is 13.2 Å². The van der Waals surface area contributed by atoms with Crippen molar-refractivity contribution in [2.24, 2.45) is 0 Å². The zero-order valence-corrected chi connectivity index (χ0v) is 15.0. The van der Waals surface area contributed by atoms with Gasteiger partial charge in [-0.25, -0.2) is 13.1 Å². The molecule has 0 saturated heterocycles. The Hall–Kier alpha value is -1.93. The number of fused-ring (bicyclic) bond motifs is 1. The predicted octanol–water partition coefficient (Wildman–Crippen LogP) is 4.08. The molecular weight excluding hydrogens is 365 g/mol. The predicted molar refractivity (Wildman–Crippen MR) is 93.0 cm³/mol. The van der Waals surface area contributed by atoms with Crippen LogP contribution in [0.5, 0.6) is 0 Å². The van der Waals surface area contributed by atoms with Gasteiger partial charge in [-0.3, -0.25) is 4.98 Å². The molecule has 0 amide bonds. The van der Waals surface area contributed by atoms with Gasteiger partial charge in [0, 0.05) is 24.0 Å². The number of aromatic nitrogens is 1. The number of hydrogen-bond donors (Lipinski definition) is 1. The highest BCUT2D eigenvalue weighted by Gasteiger charge is 2.31. The summed E-state index contributed by atoms with van der Waals surface area (Å²) in [6.45, 7) is 1.80. The zero-order chi connectivity index (χ0) is 18.9. The van der Waals surface area contributed by atoms with Gasteiger partial charge < -0.3 is 0 Å². The van der Waals surface area contributed by atoms with Crippen LogP contribution in [0.25, 0.3) is 11.1 Å². The molecule has 0 spiro atoms. The molecule has 1 N–H and O–H groups in total. The van der Waals surface area contributed by atoms with Crippen molar-refractivity contribution in [2.75, 3.05) is 5.75 Å². The molecule has 1 aliphatic rings. The summed E-state index contributed by atoms with van der Waals surface area (Å²) in [5.41, 5.74) is 2.41. The summed E-state index contributed by atoms with van der Waals surface area (Å²) in [7, 11) is -3.36. The van der Waals surface area contributed by atoms with Crippen molar-refractivity contribution in [3.05, 3.63) is 53.3 Å². The highest BCUT2D eigenvalue weighted by atomic mass is 32.2. The molecule has 26 heavy (non-hydrogen) atoms.